The maximum absolute atomic E-state index is 13.7. The highest BCUT2D eigenvalue weighted by atomic mass is 16.2. The molecule has 0 amide bonds. The minimum Gasteiger partial charge on any atom is -0.307 e. The third-order valence-electron chi connectivity index (χ3n) is 14.3. The van der Waals surface area contributed by atoms with E-state index in [4.69, 9.17) is 5.73 Å². The fourth-order valence-corrected chi connectivity index (χ4v) is 9.54. The number of carbonyl (C=O) groups excluding carboxylic acids is 3. The van der Waals surface area contributed by atoms with E-state index < -0.39 is 5.54 Å². The predicted octanol–water partition coefficient (Wildman–Crippen LogP) is 20.6. The van der Waals surface area contributed by atoms with Crippen LogP contribution in [0, 0.1) is 0 Å². The van der Waals surface area contributed by atoms with E-state index in [0.29, 0.717) is 19.3 Å². The third kappa shape index (κ3) is 43.9. The van der Waals surface area contributed by atoms with Gasteiger partial charge in [0.1, 0.15) is 0 Å². The molecule has 67 heavy (non-hydrogen) atoms. The van der Waals surface area contributed by atoms with E-state index in [2.05, 4.69) is 57.2 Å². The molecule has 4 nitrogen and oxygen atoms in total. The van der Waals surface area contributed by atoms with Crippen LogP contribution < -0.4 is 5.73 Å². The maximum Gasteiger partial charge on any atom is 0.193 e. The first-order chi connectivity index (χ1) is 32.9. The van der Waals surface area contributed by atoms with Gasteiger partial charge in [-0.05, 0) is 96.3 Å². The molecule has 0 atom stereocenters. The molecule has 2 N–H and O–H groups in total. The zero-order valence-corrected chi connectivity index (χ0v) is 45.6. The van der Waals surface area contributed by atoms with Crippen LogP contribution in [0.2, 0.25) is 0 Å². The lowest BCUT2D eigenvalue weighted by molar-refractivity contribution is -0.142. The normalized spacial score (nSPS) is 12.9. The van der Waals surface area contributed by atoms with Gasteiger partial charge in [0.2, 0.25) is 0 Å². The first-order valence-electron chi connectivity index (χ1n) is 30.3. The Kier molecular flexibility index (Phi) is 52.1. The van der Waals surface area contributed by atoms with Crippen molar-refractivity contribution in [1.82, 2.24) is 0 Å². The number of nitrogens with two attached hydrogens (primary N) is 1. The molecule has 0 heterocycles. The van der Waals surface area contributed by atoms with Crippen LogP contribution in [0.1, 0.15) is 342 Å². The molecule has 392 valence electrons. The van der Waals surface area contributed by atoms with E-state index in [0.717, 1.165) is 51.4 Å². The maximum atomic E-state index is 13.7. The molecule has 0 aliphatic carbocycles. The molecule has 0 unspecified atom stereocenters. The average molecular weight is 937 g/mol. The SMILES string of the molecule is CCCCCCCCC=CCCCCCCCCCCCC(=O)C(N)(C(=O)CCCCCCCC=CCCCCCCCC)C(=O)CCCCCCCCCCCC=CCCCCCCCC. The summed E-state index contributed by atoms with van der Waals surface area (Å²) < 4.78 is 0. The number of ketones is 3. The molecule has 0 rings (SSSR count). The van der Waals surface area contributed by atoms with Crippen molar-refractivity contribution in [3.8, 4) is 0 Å². The van der Waals surface area contributed by atoms with Crippen LogP contribution in [-0.2, 0) is 14.4 Å². The molecule has 0 saturated heterocycles. The van der Waals surface area contributed by atoms with Crippen LogP contribution in [0.25, 0.3) is 0 Å². The minimum absolute atomic E-state index is 0.233. The molecular formula is C63H117NO3. The summed E-state index contributed by atoms with van der Waals surface area (Å²) >= 11 is 0. The van der Waals surface area contributed by atoms with E-state index >= 15 is 0 Å². The van der Waals surface area contributed by atoms with Gasteiger partial charge in [0, 0.05) is 19.3 Å². The Hall–Kier alpha value is -1.81. The van der Waals surface area contributed by atoms with E-state index in [1.54, 1.807) is 0 Å². The number of Topliss-reactive ketones (excluding diaryl/α,β-unsaturated/α-hetero) is 3. The summed E-state index contributed by atoms with van der Waals surface area (Å²) in [7, 11) is 0. The first kappa shape index (κ1) is 65.2. The van der Waals surface area contributed by atoms with Crippen LogP contribution >= 0.6 is 0 Å². The van der Waals surface area contributed by atoms with Crippen molar-refractivity contribution in [2.45, 2.75) is 347 Å². The van der Waals surface area contributed by atoms with Gasteiger partial charge in [0.05, 0.1) is 0 Å². The molecule has 0 aliphatic heterocycles. The summed E-state index contributed by atoms with van der Waals surface area (Å²) in [6, 6.07) is 0. The van der Waals surface area contributed by atoms with Gasteiger partial charge in [-0.1, -0.05) is 263 Å². The second kappa shape index (κ2) is 53.5. The molecule has 4 heteroatoms. The van der Waals surface area contributed by atoms with Gasteiger partial charge in [0.25, 0.3) is 0 Å². The van der Waals surface area contributed by atoms with Crippen molar-refractivity contribution in [3.63, 3.8) is 0 Å². The lowest BCUT2D eigenvalue weighted by Crippen LogP contribution is -2.61. The standard InChI is InChI=1S/C63H117NO3/c1-4-7-10-13-16-19-22-25-28-30-32-34-37-40-43-46-49-52-55-58-61(66)63(64,60(65)57-54-51-48-45-42-39-36-27-24-21-18-15-12-9-6-3)62(67)59-56-53-50-47-44-41-38-35-33-31-29-26-23-20-17-14-11-8-5-2/h25-29,36H,4-24,30-35,37-59,64H2,1-3H3. The zero-order valence-electron chi connectivity index (χ0n) is 45.6. The summed E-state index contributed by atoms with van der Waals surface area (Å²) in [5.41, 5.74) is 4.74. The number of hydrogen-bond acceptors (Lipinski definition) is 4. The summed E-state index contributed by atoms with van der Waals surface area (Å²) in [5.74, 6) is -0.990. The van der Waals surface area contributed by atoms with Crippen molar-refractivity contribution in [3.05, 3.63) is 36.5 Å². The van der Waals surface area contributed by atoms with Gasteiger partial charge >= 0.3 is 0 Å². The number of carbonyl (C=O) groups is 3. The fraction of sp³-hybridized carbons (Fsp3) is 0.857. The molecule has 0 fully saturated rings. The zero-order chi connectivity index (χ0) is 48.8. The van der Waals surface area contributed by atoms with Gasteiger partial charge in [-0.2, -0.15) is 0 Å². The number of unbranched alkanes of at least 4 members (excludes halogenated alkanes) is 41. The first-order valence-corrected chi connectivity index (χ1v) is 30.3. The second-order valence-corrected chi connectivity index (χ2v) is 20.9. The Bertz CT molecular complexity index is 1090. The van der Waals surface area contributed by atoms with Crippen LogP contribution in [0.3, 0.4) is 0 Å². The Labute approximate surface area is 419 Å². The highest BCUT2D eigenvalue weighted by Gasteiger charge is 2.46. The van der Waals surface area contributed by atoms with E-state index in [1.807, 2.05) is 0 Å². The Balaban J connectivity index is 4.51. The molecule has 0 aromatic rings. The monoisotopic (exact) mass is 936 g/mol. The smallest absolute Gasteiger partial charge is 0.193 e. The summed E-state index contributed by atoms with van der Waals surface area (Å²) in [6.07, 6.45) is 72.6. The van der Waals surface area contributed by atoms with Crippen molar-refractivity contribution < 1.29 is 14.4 Å². The Morgan fingerprint density at radius 1 is 0.254 bits per heavy atom. The minimum atomic E-state index is -1.95. The summed E-state index contributed by atoms with van der Waals surface area (Å²) in [5, 5.41) is 0. The number of hydrogen-bond donors (Lipinski definition) is 1. The molecule has 0 aromatic heterocycles. The van der Waals surface area contributed by atoms with Gasteiger partial charge in [-0.3, -0.25) is 14.4 Å². The lowest BCUT2D eigenvalue weighted by Gasteiger charge is -2.25. The van der Waals surface area contributed by atoms with Gasteiger partial charge < -0.3 is 5.73 Å². The van der Waals surface area contributed by atoms with Gasteiger partial charge in [-0.25, -0.2) is 0 Å². The quantitative estimate of drug-likeness (QED) is 0.0374. The van der Waals surface area contributed by atoms with Crippen molar-refractivity contribution >= 4 is 17.3 Å². The molecule has 0 saturated carbocycles. The number of rotatable bonds is 56. The lowest BCUT2D eigenvalue weighted by atomic mass is 9.79. The number of allylic oxidation sites excluding steroid dienone is 6. The third-order valence-corrected chi connectivity index (χ3v) is 14.3. The Morgan fingerprint density at radius 2 is 0.403 bits per heavy atom. The largest absolute Gasteiger partial charge is 0.307 e. The fourth-order valence-electron chi connectivity index (χ4n) is 9.54. The van der Waals surface area contributed by atoms with Gasteiger partial charge in [-0.15, -0.1) is 0 Å². The average Bonchev–Trinajstić information content (AvgIpc) is 3.33. The topological polar surface area (TPSA) is 77.2 Å². The van der Waals surface area contributed by atoms with Crippen LogP contribution in [0.5, 0.6) is 0 Å². The van der Waals surface area contributed by atoms with E-state index in [-0.39, 0.29) is 36.6 Å². The van der Waals surface area contributed by atoms with Crippen LogP contribution in [0.4, 0.5) is 0 Å². The van der Waals surface area contributed by atoms with Crippen molar-refractivity contribution in [2.24, 2.45) is 5.73 Å². The van der Waals surface area contributed by atoms with E-state index in [1.165, 1.54) is 231 Å². The van der Waals surface area contributed by atoms with Crippen molar-refractivity contribution in [2.75, 3.05) is 0 Å². The van der Waals surface area contributed by atoms with Crippen molar-refractivity contribution in [1.29, 1.82) is 0 Å². The molecular weight excluding hydrogens is 819 g/mol. The summed E-state index contributed by atoms with van der Waals surface area (Å²) in [6.45, 7) is 6.82. The predicted molar refractivity (Wildman–Crippen MR) is 297 cm³/mol. The molecule has 0 aliphatic rings. The highest BCUT2D eigenvalue weighted by Crippen LogP contribution is 2.22. The van der Waals surface area contributed by atoms with Crippen LogP contribution in [-0.4, -0.2) is 22.9 Å². The summed E-state index contributed by atoms with van der Waals surface area (Å²) in [4.78, 5) is 41.1. The second-order valence-electron chi connectivity index (χ2n) is 20.9. The van der Waals surface area contributed by atoms with Crippen LogP contribution in [0.15, 0.2) is 36.5 Å². The molecule has 0 bridgehead atoms. The van der Waals surface area contributed by atoms with Gasteiger partial charge in [0.15, 0.2) is 22.9 Å². The van der Waals surface area contributed by atoms with E-state index in [9.17, 15) is 14.4 Å². The molecule has 0 spiro atoms. The Morgan fingerprint density at radius 3 is 0.582 bits per heavy atom. The molecule has 0 aromatic carbocycles. The molecule has 0 radical (unpaired) electrons. The highest BCUT2D eigenvalue weighted by molar-refractivity contribution is 6.29.